The van der Waals surface area contributed by atoms with E-state index in [9.17, 15) is 39.5 Å². The second-order valence-corrected chi connectivity index (χ2v) is 10.2. The molecule has 0 heterocycles. The van der Waals surface area contributed by atoms with Crippen LogP contribution in [0.3, 0.4) is 0 Å². The molecule has 0 saturated heterocycles. The van der Waals surface area contributed by atoms with Crippen LogP contribution in [0.15, 0.2) is 41.5 Å². The third-order valence-corrected chi connectivity index (χ3v) is 5.96. The average molecular weight is 646 g/mol. The Balaban J connectivity index is 0.00000178. The minimum absolute atomic E-state index is 0.0196. The van der Waals surface area contributed by atoms with Gasteiger partial charge in [-0.25, -0.2) is 11.0 Å². The number of alkyl halides is 9. The SMILES string of the molecule is C1CC1.CC.COC(c1ccc(C(F)(F)F)cc1CN(Cc1cc(C(F)(F)F)cc(C(F)(F)F)c1)/C(N)=N/N(C)N)C(C)C. The summed E-state index contributed by atoms with van der Waals surface area (Å²) >= 11 is 0. The second kappa shape index (κ2) is 16.2. The van der Waals surface area contributed by atoms with Gasteiger partial charge in [-0.15, -0.1) is 5.10 Å². The zero-order valence-electron chi connectivity index (χ0n) is 25.5. The first-order valence-corrected chi connectivity index (χ1v) is 13.8. The van der Waals surface area contributed by atoms with E-state index < -0.39 is 65.9 Å². The Hall–Kier alpha value is -3.20. The summed E-state index contributed by atoms with van der Waals surface area (Å²) in [6.45, 7) is 6.36. The first kappa shape index (κ1) is 38.8. The first-order valence-electron chi connectivity index (χ1n) is 13.8. The quantitative estimate of drug-likeness (QED) is 0.0993. The van der Waals surface area contributed by atoms with Gasteiger partial charge in [-0.1, -0.05) is 53.0 Å². The van der Waals surface area contributed by atoms with Crippen molar-refractivity contribution < 1.29 is 44.3 Å². The van der Waals surface area contributed by atoms with Gasteiger partial charge < -0.3 is 15.4 Å². The fraction of sp³-hybridized carbons (Fsp3) is 0.552. The molecule has 0 bridgehead atoms. The summed E-state index contributed by atoms with van der Waals surface area (Å²) < 4.78 is 126. The van der Waals surface area contributed by atoms with Gasteiger partial charge >= 0.3 is 18.5 Å². The van der Waals surface area contributed by atoms with E-state index in [1.54, 1.807) is 13.8 Å². The molecule has 6 nitrogen and oxygen atoms in total. The van der Waals surface area contributed by atoms with Gasteiger partial charge in [0.2, 0.25) is 5.96 Å². The lowest BCUT2D eigenvalue weighted by molar-refractivity contribution is -0.143. The lowest BCUT2D eigenvalue weighted by Gasteiger charge is -2.29. The number of rotatable bonds is 8. The third-order valence-electron chi connectivity index (χ3n) is 5.96. The number of hydrogen-bond acceptors (Lipinski definition) is 4. The zero-order chi connectivity index (χ0) is 34.0. The maximum absolute atomic E-state index is 13.5. The van der Waals surface area contributed by atoms with Crippen LogP contribution in [0.1, 0.15) is 86.4 Å². The van der Waals surface area contributed by atoms with Crippen molar-refractivity contribution in [3.63, 3.8) is 0 Å². The van der Waals surface area contributed by atoms with E-state index in [0.717, 1.165) is 22.2 Å². The molecule has 4 N–H and O–H groups in total. The summed E-state index contributed by atoms with van der Waals surface area (Å²) in [4.78, 5) is 1.02. The summed E-state index contributed by atoms with van der Waals surface area (Å²) in [5.74, 6) is 4.80. The second-order valence-electron chi connectivity index (χ2n) is 10.2. The van der Waals surface area contributed by atoms with Gasteiger partial charge in [0.1, 0.15) is 0 Å². The molecule has 0 aromatic heterocycles. The van der Waals surface area contributed by atoms with E-state index in [1.165, 1.54) is 39.5 Å². The highest BCUT2D eigenvalue weighted by atomic mass is 19.4. The molecule has 1 aliphatic carbocycles. The van der Waals surface area contributed by atoms with Gasteiger partial charge in [0.25, 0.3) is 0 Å². The van der Waals surface area contributed by atoms with Gasteiger partial charge in [-0.05, 0) is 52.9 Å². The molecule has 0 spiro atoms. The van der Waals surface area contributed by atoms with Crippen molar-refractivity contribution >= 4 is 5.96 Å². The summed E-state index contributed by atoms with van der Waals surface area (Å²) in [6, 6.07) is 3.85. The maximum Gasteiger partial charge on any atom is 0.416 e. The van der Waals surface area contributed by atoms with Crippen LogP contribution in [0.5, 0.6) is 0 Å². The molecule has 1 saturated carbocycles. The number of hydrogen-bond donors (Lipinski definition) is 2. The number of halogens is 9. The lowest BCUT2D eigenvalue weighted by atomic mass is 9.92. The van der Waals surface area contributed by atoms with E-state index in [0.29, 0.717) is 17.7 Å². The summed E-state index contributed by atoms with van der Waals surface area (Å²) in [5.41, 5.74) is 1.70. The molecular formula is C29H40F9N5O. The predicted molar refractivity (Wildman–Crippen MR) is 150 cm³/mol. The topological polar surface area (TPSA) is 80.1 Å². The predicted octanol–water partition coefficient (Wildman–Crippen LogP) is 8.32. The number of nitrogens with two attached hydrogens (primary N) is 2. The minimum atomic E-state index is -5.10. The summed E-state index contributed by atoms with van der Waals surface area (Å²) in [5, 5.41) is 4.48. The average Bonchev–Trinajstić information content (AvgIpc) is 3.78. The fourth-order valence-electron chi connectivity index (χ4n) is 3.93. The molecule has 1 atom stereocenters. The van der Waals surface area contributed by atoms with Crippen molar-refractivity contribution in [1.82, 2.24) is 10.0 Å². The largest absolute Gasteiger partial charge is 0.416 e. The molecule has 250 valence electrons. The minimum Gasteiger partial charge on any atom is -0.376 e. The molecule has 2 aromatic rings. The molecular weight excluding hydrogens is 605 g/mol. The number of guanidine groups is 1. The Kier molecular flexibility index (Phi) is 14.3. The Morgan fingerprint density at radius 2 is 1.30 bits per heavy atom. The monoisotopic (exact) mass is 645 g/mol. The van der Waals surface area contributed by atoms with E-state index in [1.807, 2.05) is 13.8 Å². The van der Waals surface area contributed by atoms with Crippen molar-refractivity contribution in [2.75, 3.05) is 14.2 Å². The number of hydrazine groups is 1. The van der Waals surface area contributed by atoms with Gasteiger partial charge in [-0.3, -0.25) is 0 Å². The van der Waals surface area contributed by atoms with Crippen LogP contribution in [0, 0.1) is 5.92 Å². The van der Waals surface area contributed by atoms with Crippen molar-refractivity contribution in [2.45, 2.75) is 84.7 Å². The summed E-state index contributed by atoms with van der Waals surface area (Å²) in [7, 11) is 2.59. The molecule has 2 aromatic carbocycles. The Bertz CT molecular complexity index is 1170. The highest BCUT2D eigenvalue weighted by Crippen LogP contribution is 2.38. The van der Waals surface area contributed by atoms with Crippen molar-refractivity contribution in [3.8, 4) is 0 Å². The molecule has 1 unspecified atom stereocenters. The van der Waals surface area contributed by atoms with Gasteiger partial charge in [0.15, 0.2) is 0 Å². The van der Waals surface area contributed by atoms with Crippen LogP contribution in [-0.4, -0.2) is 30.1 Å². The number of nitrogens with zero attached hydrogens (tertiary/aromatic N) is 3. The van der Waals surface area contributed by atoms with Crippen LogP contribution in [-0.2, 0) is 36.4 Å². The van der Waals surface area contributed by atoms with Crippen LogP contribution >= 0.6 is 0 Å². The highest BCUT2D eigenvalue weighted by Gasteiger charge is 2.37. The van der Waals surface area contributed by atoms with Crippen LogP contribution in [0.25, 0.3) is 0 Å². The van der Waals surface area contributed by atoms with E-state index in [-0.39, 0.29) is 17.5 Å². The number of ether oxygens (including phenoxy) is 1. The fourth-order valence-corrected chi connectivity index (χ4v) is 3.93. The smallest absolute Gasteiger partial charge is 0.376 e. The zero-order valence-corrected chi connectivity index (χ0v) is 25.5. The Labute approximate surface area is 251 Å². The number of hydrazone groups is 1. The molecule has 44 heavy (non-hydrogen) atoms. The number of methoxy groups -OCH3 is 1. The van der Waals surface area contributed by atoms with Gasteiger partial charge in [0, 0.05) is 27.2 Å². The molecule has 0 radical (unpaired) electrons. The highest BCUT2D eigenvalue weighted by molar-refractivity contribution is 5.77. The lowest BCUT2D eigenvalue weighted by Crippen LogP contribution is -2.39. The summed E-state index contributed by atoms with van der Waals surface area (Å²) in [6.07, 6.45) is -11.1. The van der Waals surface area contributed by atoms with Gasteiger partial charge in [0.05, 0.1) is 22.8 Å². The molecule has 1 aliphatic rings. The van der Waals surface area contributed by atoms with Crippen molar-refractivity contribution in [3.05, 3.63) is 69.8 Å². The van der Waals surface area contributed by atoms with E-state index in [4.69, 9.17) is 16.3 Å². The van der Waals surface area contributed by atoms with E-state index in [2.05, 4.69) is 5.10 Å². The van der Waals surface area contributed by atoms with Gasteiger partial charge in [-0.2, -0.15) is 39.5 Å². The third kappa shape index (κ3) is 12.4. The van der Waals surface area contributed by atoms with Crippen molar-refractivity contribution in [1.29, 1.82) is 0 Å². The maximum atomic E-state index is 13.5. The standard InChI is InChI=1S/C24H28F9N5O.C3H6.C2H6/c1-13(2)20(39-4)19-6-5-16(22(25,26)27)9-15(19)12-38(21(34)36-37(3)35)11-14-7-17(23(28,29)30)10-18(8-14)24(31,32)33;1-2-3-1;1-2/h5-10,13,20H,11-12,35H2,1-4H3,(H2,34,36);1-3H2;1-2H3. The normalized spacial score (nSPS) is 14.2. The van der Waals surface area contributed by atoms with Crippen LogP contribution in [0.2, 0.25) is 0 Å². The first-order chi connectivity index (χ1) is 20.2. The molecule has 15 heteroatoms. The van der Waals surface area contributed by atoms with Crippen molar-refractivity contribution in [2.24, 2.45) is 22.6 Å². The van der Waals surface area contributed by atoms with Crippen LogP contribution in [0.4, 0.5) is 39.5 Å². The Morgan fingerprint density at radius 1 is 0.818 bits per heavy atom. The molecule has 0 amide bonds. The Morgan fingerprint density at radius 3 is 1.66 bits per heavy atom. The molecule has 0 aliphatic heterocycles. The van der Waals surface area contributed by atoms with Crippen LogP contribution < -0.4 is 11.6 Å². The van der Waals surface area contributed by atoms with E-state index >= 15 is 0 Å². The number of benzene rings is 2. The molecule has 3 rings (SSSR count). The molecule has 1 fully saturated rings.